The molecule has 76 valence electrons. The molecular formula is C10H14BrN3. The predicted molar refractivity (Wildman–Crippen MR) is 59.2 cm³/mol. The van der Waals surface area contributed by atoms with Gasteiger partial charge in [-0.15, -0.1) is 0 Å². The number of nitrogens with zero attached hydrogens (tertiary/aromatic N) is 3. The van der Waals surface area contributed by atoms with Crippen LogP contribution in [0.2, 0.25) is 0 Å². The Kier molecular flexibility index (Phi) is 3.01. The fourth-order valence-electron chi connectivity index (χ4n) is 1.34. The summed E-state index contributed by atoms with van der Waals surface area (Å²) in [6, 6.07) is 2.17. The van der Waals surface area contributed by atoms with Crippen LogP contribution in [0.15, 0.2) is 6.20 Å². The molecule has 0 aromatic carbocycles. The molecule has 14 heavy (non-hydrogen) atoms. The van der Waals surface area contributed by atoms with E-state index < -0.39 is 0 Å². The average Bonchev–Trinajstić information content (AvgIpc) is 2.45. The lowest BCUT2D eigenvalue weighted by Crippen LogP contribution is -2.15. The molecule has 1 atom stereocenters. The minimum atomic E-state index is -0.273. The topological polar surface area (TPSA) is 41.6 Å². The van der Waals surface area contributed by atoms with Crippen molar-refractivity contribution in [2.45, 2.75) is 31.0 Å². The van der Waals surface area contributed by atoms with E-state index in [0.29, 0.717) is 0 Å². The second kappa shape index (κ2) is 3.74. The predicted octanol–water partition coefficient (Wildman–Crippen LogP) is 2.68. The Balaban J connectivity index is 3.24. The number of halogens is 1. The molecule has 1 unspecified atom stereocenters. The Morgan fingerprint density at radius 3 is 2.57 bits per heavy atom. The van der Waals surface area contributed by atoms with E-state index in [9.17, 15) is 0 Å². The van der Waals surface area contributed by atoms with E-state index in [4.69, 9.17) is 5.26 Å². The highest BCUT2D eigenvalue weighted by Gasteiger charge is 2.25. The Bertz CT molecular complexity index is 368. The molecule has 1 heterocycles. The molecule has 0 spiro atoms. The first kappa shape index (κ1) is 11.3. The first-order chi connectivity index (χ1) is 6.36. The van der Waals surface area contributed by atoms with Crippen molar-refractivity contribution in [1.29, 1.82) is 5.26 Å². The van der Waals surface area contributed by atoms with Crippen molar-refractivity contribution in [2.75, 3.05) is 0 Å². The molecule has 0 N–H and O–H groups in total. The molecule has 4 heteroatoms. The van der Waals surface area contributed by atoms with Gasteiger partial charge in [-0.3, -0.25) is 4.68 Å². The van der Waals surface area contributed by atoms with Crippen LogP contribution in [0.5, 0.6) is 0 Å². The number of hydrogen-bond acceptors (Lipinski definition) is 2. The normalized spacial score (nSPS) is 13.7. The largest absolute Gasteiger partial charge is 0.275 e. The lowest BCUT2D eigenvalue weighted by molar-refractivity contribution is 0.549. The van der Waals surface area contributed by atoms with Gasteiger partial charge in [-0.05, 0) is 0 Å². The number of rotatable bonds is 1. The average molecular weight is 256 g/mol. The maximum absolute atomic E-state index is 8.85. The fraction of sp³-hybridized carbons (Fsp3) is 0.600. The Morgan fingerprint density at radius 1 is 1.57 bits per heavy atom. The lowest BCUT2D eigenvalue weighted by atomic mass is 9.89. The molecular weight excluding hydrogens is 242 g/mol. The quantitative estimate of drug-likeness (QED) is 0.725. The smallest absolute Gasteiger partial charge is 0.130 e. The maximum atomic E-state index is 8.85. The molecule has 1 aromatic heterocycles. The summed E-state index contributed by atoms with van der Waals surface area (Å²) >= 11 is 3.33. The molecule has 0 aliphatic heterocycles. The van der Waals surface area contributed by atoms with Gasteiger partial charge in [0, 0.05) is 24.2 Å². The third-order valence-electron chi connectivity index (χ3n) is 1.95. The van der Waals surface area contributed by atoms with E-state index in [1.807, 2.05) is 13.2 Å². The third-order valence-corrected chi connectivity index (χ3v) is 2.65. The molecule has 0 aliphatic rings. The Hall–Kier alpha value is -0.820. The number of nitriles is 1. The van der Waals surface area contributed by atoms with Crippen LogP contribution < -0.4 is 0 Å². The van der Waals surface area contributed by atoms with Crippen LogP contribution in [0.3, 0.4) is 0 Å². The molecule has 0 fully saturated rings. The van der Waals surface area contributed by atoms with Gasteiger partial charge in [0.1, 0.15) is 4.83 Å². The summed E-state index contributed by atoms with van der Waals surface area (Å²) in [7, 11) is 1.87. The first-order valence-electron chi connectivity index (χ1n) is 4.44. The minimum absolute atomic E-state index is 0.0283. The molecule has 1 rings (SSSR count). The summed E-state index contributed by atoms with van der Waals surface area (Å²) in [4.78, 5) is -0.273. The molecule has 0 saturated carbocycles. The van der Waals surface area contributed by atoms with E-state index in [1.165, 1.54) is 0 Å². The molecule has 3 nitrogen and oxygen atoms in total. The zero-order valence-electron chi connectivity index (χ0n) is 8.87. The van der Waals surface area contributed by atoms with Gasteiger partial charge in [-0.25, -0.2) is 0 Å². The summed E-state index contributed by atoms with van der Waals surface area (Å²) in [6.45, 7) is 6.28. The van der Waals surface area contributed by atoms with E-state index in [2.05, 4.69) is 47.9 Å². The maximum Gasteiger partial charge on any atom is 0.130 e. The van der Waals surface area contributed by atoms with Crippen LogP contribution in [0, 0.1) is 11.3 Å². The number of alkyl halides is 1. The number of hydrogen-bond donors (Lipinski definition) is 0. The summed E-state index contributed by atoms with van der Waals surface area (Å²) in [6.07, 6.45) is 1.89. The van der Waals surface area contributed by atoms with E-state index in [0.717, 1.165) is 11.3 Å². The monoisotopic (exact) mass is 255 g/mol. The van der Waals surface area contributed by atoms with Gasteiger partial charge in [0.25, 0.3) is 0 Å². The van der Waals surface area contributed by atoms with Gasteiger partial charge in [0.05, 0.1) is 11.8 Å². The second-order valence-electron chi connectivity index (χ2n) is 4.35. The van der Waals surface area contributed by atoms with Crippen molar-refractivity contribution >= 4 is 15.9 Å². The SMILES string of the molecule is Cn1cc(C(Br)C#N)c(C(C)(C)C)n1. The molecule has 0 bridgehead atoms. The number of aryl methyl sites for hydroxylation is 1. The standard InChI is InChI=1S/C10H14BrN3/c1-10(2,3)9-7(8(11)5-12)6-14(4)13-9/h6,8H,1-4H3. The van der Waals surface area contributed by atoms with E-state index in [1.54, 1.807) is 4.68 Å². The molecule has 0 saturated heterocycles. The molecule has 0 amide bonds. The van der Waals surface area contributed by atoms with Crippen molar-refractivity contribution in [3.63, 3.8) is 0 Å². The summed E-state index contributed by atoms with van der Waals surface area (Å²) in [5.41, 5.74) is 1.91. The zero-order chi connectivity index (χ0) is 10.9. The molecule has 0 radical (unpaired) electrons. The number of aromatic nitrogens is 2. The van der Waals surface area contributed by atoms with Crippen LogP contribution in [0.4, 0.5) is 0 Å². The van der Waals surface area contributed by atoms with Gasteiger partial charge in [0.15, 0.2) is 0 Å². The van der Waals surface area contributed by atoms with E-state index >= 15 is 0 Å². The van der Waals surface area contributed by atoms with Gasteiger partial charge in [-0.2, -0.15) is 10.4 Å². The van der Waals surface area contributed by atoms with Crippen molar-refractivity contribution in [1.82, 2.24) is 9.78 Å². The van der Waals surface area contributed by atoms with Crippen molar-refractivity contribution < 1.29 is 0 Å². The van der Waals surface area contributed by atoms with Gasteiger partial charge in [0.2, 0.25) is 0 Å². The lowest BCUT2D eigenvalue weighted by Gasteiger charge is -2.17. The van der Waals surface area contributed by atoms with Crippen LogP contribution in [0.25, 0.3) is 0 Å². The third kappa shape index (κ3) is 2.16. The van der Waals surface area contributed by atoms with E-state index in [-0.39, 0.29) is 10.2 Å². The minimum Gasteiger partial charge on any atom is -0.275 e. The van der Waals surface area contributed by atoms with Crippen molar-refractivity contribution in [2.24, 2.45) is 7.05 Å². The van der Waals surface area contributed by atoms with Gasteiger partial charge >= 0.3 is 0 Å². The Labute approximate surface area is 92.9 Å². The highest BCUT2D eigenvalue weighted by atomic mass is 79.9. The highest BCUT2D eigenvalue weighted by molar-refractivity contribution is 9.09. The molecule has 1 aromatic rings. The Morgan fingerprint density at radius 2 is 2.14 bits per heavy atom. The summed E-state index contributed by atoms with van der Waals surface area (Å²) in [5.74, 6) is 0. The summed E-state index contributed by atoms with van der Waals surface area (Å²) < 4.78 is 1.75. The second-order valence-corrected chi connectivity index (χ2v) is 5.26. The van der Waals surface area contributed by atoms with Crippen LogP contribution in [0.1, 0.15) is 36.9 Å². The first-order valence-corrected chi connectivity index (χ1v) is 5.35. The molecule has 0 aliphatic carbocycles. The van der Waals surface area contributed by atoms with Gasteiger partial charge < -0.3 is 0 Å². The van der Waals surface area contributed by atoms with Gasteiger partial charge in [-0.1, -0.05) is 36.7 Å². The highest BCUT2D eigenvalue weighted by Crippen LogP contribution is 2.31. The fourth-order valence-corrected chi connectivity index (χ4v) is 1.68. The summed E-state index contributed by atoms with van der Waals surface area (Å²) in [5, 5.41) is 13.2. The van der Waals surface area contributed by atoms with Crippen molar-refractivity contribution in [3.05, 3.63) is 17.5 Å². The zero-order valence-corrected chi connectivity index (χ0v) is 10.5. The van der Waals surface area contributed by atoms with Crippen LogP contribution in [-0.4, -0.2) is 9.78 Å². The van der Waals surface area contributed by atoms with Crippen LogP contribution in [-0.2, 0) is 12.5 Å². The van der Waals surface area contributed by atoms with Crippen molar-refractivity contribution in [3.8, 4) is 6.07 Å². The van der Waals surface area contributed by atoms with Crippen LogP contribution >= 0.6 is 15.9 Å².